The minimum absolute atomic E-state index is 0.792. The van der Waals surface area contributed by atoms with Crippen molar-refractivity contribution >= 4 is 21.6 Å². The highest BCUT2D eigenvalue weighted by Crippen LogP contribution is 2.32. The Bertz CT molecular complexity index is 581. The second-order valence-electron chi connectivity index (χ2n) is 4.64. The molecular formula is C16H18BrNO. The van der Waals surface area contributed by atoms with Gasteiger partial charge in [-0.1, -0.05) is 45.8 Å². The monoisotopic (exact) mass is 319 g/mol. The molecule has 0 radical (unpaired) electrons. The first-order valence-electron chi connectivity index (χ1n) is 6.23. The predicted molar refractivity (Wildman–Crippen MR) is 83.9 cm³/mol. The number of hydrogen-bond donors (Lipinski definition) is 1. The molecule has 0 bridgehead atoms. The van der Waals surface area contributed by atoms with Crippen molar-refractivity contribution in [1.29, 1.82) is 0 Å². The van der Waals surface area contributed by atoms with E-state index in [9.17, 15) is 0 Å². The van der Waals surface area contributed by atoms with Crippen molar-refractivity contribution in [2.75, 3.05) is 12.4 Å². The number of hydrogen-bond acceptors (Lipinski definition) is 2. The summed E-state index contributed by atoms with van der Waals surface area (Å²) < 4.78 is 6.46. The zero-order valence-electron chi connectivity index (χ0n) is 11.5. The molecule has 0 atom stereocenters. The standard InChI is InChI=1S/C16H18BrNO/c1-11-5-4-6-13(7-11)10-18-16-12(2)8-14(17)9-15(16)19-3/h4-9,18H,10H2,1-3H3. The summed E-state index contributed by atoms with van der Waals surface area (Å²) in [6, 6.07) is 12.6. The second kappa shape index (κ2) is 6.11. The molecule has 0 aromatic heterocycles. The third-order valence-electron chi connectivity index (χ3n) is 3.04. The highest BCUT2D eigenvalue weighted by Gasteiger charge is 2.07. The van der Waals surface area contributed by atoms with E-state index in [0.29, 0.717) is 0 Å². The largest absolute Gasteiger partial charge is 0.495 e. The number of halogens is 1. The third-order valence-corrected chi connectivity index (χ3v) is 3.49. The summed E-state index contributed by atoms with van der Waals surface area (Å²) >= 11 is 3.49. The highest BCUT2D eigenvalue weighted by atomic mass is 79.9. The van der Waals surface area contributed by atoms with Crippen LogP contribution >= 0.6 is 15.9 Å². The number of methoxy groups -OCH3 is 1. The lowest BCUT2D eigenvalue weighted by Crippen LogP contribution is -2.03. The van der Waals surface area contributed by atoms with Crippen molar-refractivity contribution in [2.24, 2.45) is 0 Å². The van der Waals surface area contributed by atoms with E-state index in [1.165, 1.54) is 16.7 Å². The summed E-state index contributed by atoms with van der Waals surface area (Å²) in [7, 11) is 1.69. The van der Waals surface area contributed by atoms with Gasteiger partial charge in [0.05, 0.1) is 12.8 Å². The molecule has 0 unspecified atom stereocenters. The third kappa shape index (κ3) is 3.51. The Hall–Kier alpha value is -1.48. The van der Waals surface area contributed by atoms with Crippen molar-refractivity contribution in [1.82, 2.24) is 0 Å². The van der Waals surface area contributed by atoms with Gasteiger partial charge in [-0.25, -0.2) is 0 Å². The lowest BCUT2D eigenvalue weighted by molar-refractivity contribution is 0.416. The number of ether oxygens (including phenoxy) is 1. The molecule has 0 aliphatic rings. The number of rotatable bonds is 4. The average Bonchev–Trinajstić information content (AvgIpc) is 2.37. The maximum atomic E-state index is 5.43. The van der Waals surface area contributed by atoms with Gasteiger partial charge in [0.2, 0.25) is 0 Å². The van der Waals surface area contributed by atoms with Gasteiger partial charge in [-0.3, -0.25) is 0 Å². The summed E-state index contributed by atoms with van der Waals surface area (Å²) in [5, 5.41) is 3.46. The van der Waals surface area contributed by atoms with E-state index in [-0.39, 0.29) is 0 Å². The quantitative estimate of drug-likeness (QED) is 0.883. The lowest BCUT2D eigenvalue weighted by Gasteiger charge is -2.15. The van der Waals surface area contributed by atoms with Crippen LogP contribution in [0.4, 0.5) is 5.69 Å². The zero-order valence-corrected chi connectivity index (χ0v) is 13.0. The van der Waals surface area contributed by atoms with Gasteiger partial charge in [0, 0.05) is 11.0 Å². The summed E-state index contributed by atoms with van der Waals surface area (Å²) in [6.45, 7) is 4.97. The fraction of sp³-hybridized carbons (Fsp3) is 0.250. The van der Waals surface area contributed by atoms with Gasteiger partial charge < -0.3 is 10.1 Å². The Balaban J connectivity index is 2.19. The summed E-state index contributed by atoms with van der Waals surface area (Å²) in [4.78, 5) is 0. The van der Waals surface area contributed by atoms with Gasteiger partial charge in [-0.05, 0) is 37.1 Å². The molecule has 1 N–H and O–H groups in total. The van der Waals surface area contributed by atoms with Crippen LogP contribution in [0.5, 0.6) is 5.75 Å². The Morgan fingerprint density at radius 3 is 2.63 bits per heavy atom. The first-order valence-corrected chi connectivity index (χ1v) is 7.03. The van der Waals surface area contributed by atoms with Gasteiger partial charge in [0.25, 0.3) is 0 Å². The predicted octanol–water partition coefficient (Wildman–Crippen LogP) is 4.69. The highest BCUT2D eigenvalue weighted by molar-refractivity contribution is 9.10. The molecule has 0 aliphatic carbocycles. The smallest absolute Gasteiger partial charge is 0.143 e. The normalized spacial score (nSPS) is 10.3. The molecule has 2 rings (SSSR count). The lowest BCUT2D eigenvalue weighted by atomic mass is 10.1. The van der Waals surface area contributed by atoms with E-state index in [0.717, 1.165) is 22.5 Å². The van der Waals surface area contributed by atoms with Crippen molar-refractivity contribution in [3.8, 4) is 5.75 Å². The fourth-order valence-electron chi connectivity index (χ4n) is 2.11. The van der Waals surface area contributed by atoms with Crippen LogP contribution in [0.3, 0.4) is 0 Å². The molecule has 3 heteroatoms. The van der Waals surface area contributed by atoms with Gasteiger partial charge in [-0.2, -0.15) is 0 Å². The maximum absolute atomic E-state index is 5.43. The van der Waals surface area contributed by atoms with Crippen LogP contribution < -0.4 is 10.1 Å². The minimum Gasteiger partial charge on any atom is -0.495 e. The minimum atomic E-state index is 0.792. The molecule has 2 aromatic carbocycles. The average molecular weight is 320 g/mol. The topological polar surface area (TPSA) is 21.3 Å². The molecule has 2 nitrogen and oxygen atoms in total. The van der Waals surface area contributed by atoms with Crippen LogP contribution in [0.15, 0.2) is 40.9 Å². The van der Waals surface area contributed by atoms with Crippen LogP contribution in [0.25, 0.3) is 0 Å². The number of nitrogens with one attached hydrogen (secondary N) is 1. The van der Waals surface area contributed by atoms with E-state index in [2.05, 4.69) is 65.4 Å². The summed E-state index contributed by atoms with van der Waals surface area (Å²) in [5.74, 6) is 0.861. The van der Waals surface area contributed by atoms with E-state index in [1.807, 2.05) is 6.07 Å². The Kier molecular flexibility index (Phi) is 4.48. The van der Waals surface area contributed by atoms with Crippen LogP contribution in [-0.2, 0) is 6.54 Å². The summed E-state index contributed by atoms with van der Waals surface area (Å²) in [5.41, 5.74) is 4.76. The molecule has 0 saturated carbocycles. The van der Waals surface area contributed by atoms with Gasteiger partial charge in [-0.15, -0.1) is 0 Å². The van der Waals surface area contributed by atoms with Gasteiger partial charge >= 0.3 is 0 Å². The second-order valence-corrected chi connectivity index (χ2v) is 5.56. The Morgan fingerprint density at radius 1 is 1.16 bits per heavy atom. The molecule has 0 amide bonds. The first-order chi connectivity index (χ1) is 9.10. The van der Waals surface area contributed by atoms with Crippen molar-refractivity contribution in [2.45, 2.75) is 20.4 Å². The van der Waals surface area contributed by atoms with E-state index in [1.54, 1.807) is 7.11 Å². The maximum Gasteiger partial charge on any atom is 0.143 e. The molecule has 0 aliphatic heterocycles. The van der Waals surface area contributed by atoms with E-state index in [4.69, 9.17) is 4.74 Å². The van der Waals surface area contributed by atoms with Crippen LogP contribution in [-0.4, -0.2) is 7.11 Å². The van der Waals surface area contributed by atoms with Crippen molar-refractivity contribution in [3.63, 3.8) is 0 Å². The molecule has 0 fully saturated rings. The van der Waals surface area contributed by atoms with Crippen LogP contribution in [0.1, 0.15) is 16.7 Å². The van der Waals surface area contributed by atoms with E-state index < -0.39 is 0 Å². The number of aryl methyl sites for hydroxylation is 2. The number of anilines is 1. The van der Waals surface area contributed by atoms with Gasteiger partial charge in [0.15, 0.2) is 0 Å². The fourth-order valence-corrected chi connectivity index (χ4v) is 2.66. The first kappa shape index (κ1) is 13.9. The van der Waals surface area contributed by atoms with Crippen LogP contribution in [0, 0.1) is 13.8 Å². The molecular weight excluding hydrogens is 302 g/mol. The molecule has 19 heavy (non-hydrogen) atoms. The Labute approximate surface area is 122 Å². The van der Waals surface area contributed by atoms with Crippen LogP contribution in [0.2, 0.25) is 0 Å². The summed E-state index contributed by atoms with van der Waals surface area (Å²) in [6.07, 6.45) is 0. The molecule has 0 spiro atoms. The molecule has 2 aromatic rings. The molecule has 0 heterocycles. The molecule has 0 saturated heterocycles. The van der Waals surface area contributed by atoms with Crippen molar-refractivity contribution < 1.29 is 4.74 Å². The SMILES string of the molecule is COc1cc(Br)cc(C)c1NCc1cccc(C)c1. The Morgan fingerprint density at radius 2 is 1.95 bits per heavy atom. The zero-order chi connectivity index (χ0) is 13.8. The number of benzene rings is 2. The van der Waals surface area contributed by atoms with Gasteiger partial charge in [0.1, 0.15) is 5.75 Å². The molecule has 100 valence electrons. The van der Waals surface area contributed by atoms with Crippen molar-refractivity contribution in [3.05, 3.63) is 57.6 Å². The van der Waals surface area contributed by atoms with E-state index >= 15 is 0 Å².